The minimum absolute atomic E-state index is 0.0999. The molecule has 1 aromatic rings. The first-order valence-corrected chi connectivity index (χ1v) is 6.64. The average Bonchev–Trinajstić information content (AvgIpc) is 2.74. The lowest BCUT2D eigenvalue weighted by molar-refractivity contribution is -0.122. The van der Waals surface area contributed by atoms with Crippen molar-refractivity contribution in [1.82, 2.24) is 10.6 Å². The number of amides is 2. The molecule has 0 fully saturated rings. The maximum absolute atomic E-state index is 12.0. The van der Waals surface area contributed by atoms with Crippen LogP contribution >= 0.6 is 0 Å². The highest BCUT2D eigenvalue weighted by atomic mass is 16.5. The fraction of sp³-hybridized carbons (Fsp3) is 0.467. The molecule has 2 rings (SSSR count). The molecule has 20 heavy (non-hydrogen) atoms. The zero-order valence-electron chi connectivity index (χ0n) is 12.0. The molecule has 1 atom stereocenters. The van der Waals surface area contributed by atoms with Crippen LogP contribution in [0.5, 0.6) is 0 Å². The Kier molecular flexibility index (Phi) is 4.09. The van der Waals surface area contributed by atoms with Gasteiger partial charge in [-0.25, -0.2) is 0 Å². The van der Waals surface area contributed by atoms with E-state index in [2.05, 4.69) is 10.6 Å². The van der Waals surface area contributed by atoms with Gasteiger partial charge in [0.2, 0.25) is 5.91 Å². The molecule has 0 saturated carbocycles. The molecule has 0 spiro atoms. The largest absolute Gasteiger partial charge is 0.377 e. The summed E-state index contributed by atoms with van der Waals surface area (Å²) in [6.07, 6.45) is 0.239. The van der Waals surface area contributed by atoms with Gasteiger partial charge in [-0.3, -0.25) is 9.59 Å². The third-order valence-corrected chi connectivity index (χ3v) is 3.54. The molecule has 0 bridgehead atoms. The van der Waals surface area contributed by atoms with E-state index in [-0.39, 0.29) is 24.3 Å². The molecule has 1 unspecified atom stereocenters. The van der Waals surface area contributed by atoms with E-state index in [1.165, 1.54) is 0 Å². The number of hydrogen-bond donors (Lipinski definition) is 2. The van der Waals surface area contributed by atoms with E-state index in [0.717, 1.165) is 5.56 Å². The highest BCUT2D eigenvalue weighted by Gasteiger charge is 2.29. The third-order valence-electron chi connectivity index (χ3n) is 3.54. The first-order chi connectivity index (χ1) is 9.43. The van der Waals surface area contributed by atoms with E-state index in [4.69, 9.17) is 4.74 Å². The van der Waals surface area contributed by atoms with Gasteiger partial charge in [0.05, 0.1) is 18.1 Å². The third kappa shape index (κ3) is 3.17. The molecule has 1 aliphatic heterocycles. The number of carbonyl (C=O) groups is 2. The van der Waals surface area contributed by atoms with Crippen molar-refractivity contribution in [2.75, 3.05) is 13.7 Å². The summed E-state index contributed by atoms with van der Waals surface area (Å²) in [4.78, 5) is 23.7. The number of fused-ring (bicyclic) bond motifs is 1. The van der Waals surface area contributed by atoms with E-state index < -0.39 is 5.60 Å². The summed E-state index contributed by atoms with van der Waals surface area (Å²) in [6, 6.07) is 7.10. The lowest BCUT2D eigenvalue weighted by Crippen LogP contribution is -2.40. The summed E-state index contributed by atoms with van der Waals surface area (Å²) in [5.41, 5.74) is 1.15. The SMILES string of the molecule is COC(C)(C)CNC(=O)CC1NC(=O)c2ccccc21. The van der Waals surface area contributed by atoms with Gasteiger partial charge in [-0.2, -0.15) is 0 Å². The number of ether oxygens (including phenoxy) is 1. The van der Waals surface area contributed by atoms with Crippen LogP contribution in [0.4, 0.5) is 0 Å². The van der Waals surface area contributed by atoms with Crippen molar-refractivity contribution in [1.29, 1.82) is 0 Å². The van der Waals surface area contributed by atoms with Crippen LogP contribution in [0.15, 0.2) is 24.3 Å². The number of nitrogens with one attached hydrogen (secondary N) is 2. The molecule has 1 heterocycles. The molecule has 1 aliphatic rings. The number of carbonyl (C=O) groups excluding carboxylic acids is 2. The molecule has 5 heteroatoms. The minimum Gasteiger partial charge on any atom is -0.377 e. The van der Waals surface area contributed by atoms with Crippen molar-refractivity contribution >= 4 is 11.8 Å². The van der Waals surface area contributed by atoms with E-state index in [0.29, 0.717) is 12.1 Å². The second-order valence-electron chi connectivity index (χ2n) is 5.56. The quantitative estimate of drug-likeness (QED) is 0.854. The van der Waals surface area contributed by atoms with Gasteiger partial charge in [0.25, 0.3) is 5.91 Å². The van der Waals surface area contributed by atoms with Crippen LogP contribution in [-0.4, -0.2) is 31.1 Å². The van der Waals surface area contributed by atoms with Crippen LogP contribution in [0, 0.1) is 0 Å². The number of hydrogen-bond acceptors (Lipinski definition) is 3. The molecular formula is C15H20N2O3. The monoisotopic (exact) mass is 276 g/mol. The molecule has 1 aromatic carbocycles. The van der Waals surface area contributed by atoms with Gasteiger partial charge in [0.1, 0.15) is 0 Å². The number of methoxy groups -OCH3 is 1. The topological polar surface area (TPSA) is 67.4 Å². The molecule has 5 nitrogen and oxygen atoms in total. The van der Waals surface area contributed by atoms with Gasteiger partial charge in [-0.15, -0.1) is 0 Å². The fourth-order valence-electron chi connectivity index (χ4n) is 2.12. The Morgan fingerprint density at radius 3 is 2.80 bits per heavy atom. The predicted molar refractivity (Wildman–Crippen MR) is 75.4 cm³/mol. The molecule has 2 N–H and O–H groups in total. The predicted octanol–water partition coefficient (Wildman–Crippen LogP) is 1.40. The summed E-state index contributed by atoms with van der Waals surface area (Å²) >= 11 is 0. The van der Waals surface area contributed by atoms with E-state index in [1.54, 1.807) is 13.2 Å². The summed E-state index contributed by atoms with van der Waals surface area (Å²) in [6.45, 7) is 4.24. The number of rotatable bonds is 5. The van der Waals surface area contributed by atoms with Gasteiger partial charge < -0.3 is 15.4 Å². The Balaban J connectivity index is 1.95. The standard InChI is InChI=1S/C15H20N2O3/c1-15(2,20-3)9-16-13(18)8-12-10-6-4-5-7-11(10)14(19)17-12/h4-7,12H,8-9H2,1-3H3,(H,16,18)(H,17,19). The van der Waals surface area contributed by atoms with Crippen LogP contribution in [-0.2, 0) is 9.53 Å². The first kappa shape index (κ1) is 14.5. The maximum Gasteiger partial charge on any atom is 0.252 e. The Labute approximate surface area is 118 Å². The van der Waals surface area contributed by atoms with Crippen molar-refractivity contribution in [3.8, 4) is 0 Å². The molecule has 0 aliphatic carbocycles. The second kappa shape index (κ2) is 5.63. The lowest BCUT2D eigenvalue weighted by atomic mass is 10.0. The Morgan fingerprint density at radius 1 is 1.40 bits per heavy atom. The Hall–Kier alpha value is -1.88. The lowest BCUT2D eigenvalue weighted by Gasteiger charge is -2.23. The highest BCUT2D eigenvalue weighted by Crippen LogP contribution is 2.27. The van der Waals surface area contributed by atoms with E-state index in [1.807, 2.05) is 32.0 Å². The zero-order chi connectivity index (χ0) is 14.8. The van der Waals surface area contributed by atoms with Gasteiger partial charge in [0, 0.05) is 19.2 Å². The zero-order valence-corrected chi connectivity index (χ0v) is 12.0. The van der Waals surface area contributed by atoms with E-state index >= 15 is 0 Å². The average molecular weight is 276 g/mol. The number of benzene rings is 1. The first-order valence-electron chi connectivity index (χ1n) is 6.64. The van der Waals surface area contributed by atoms with Crippen molar-refractivity contribution in [3.63, 3.8) is 0 Å². The highest BCUT2D eigenvalue weighted by molar-refractivity contribution is 5.99. The van der Waals surface area contributed by atoms with Gasteiger partial charge in [-0.05, 0) is 25.5 Å². The summed E-state index contributed by atoms with van der Waals surface area (Å²) in [5, 5.41) is 5.66. The molecule has 0 aromatic heterocycles. The second-order valence-corrected chi connectivity index (χ2v) is 5.56. The van der Waals surface area contributed by atoms with Crippen LogP contribution in [0.1, 0.15) is 42.2 Å². The molecule has 108 valence electrons. The Bertz CT molecular complexity index is 526. The van der Waals surface area contributed by atoms with Crippen LogP contribution < -0.4 is 10.6 Å². The molecular weight excluding hydrogens is 256 g/mol. The van der Waals surface area contributed by atoms with Gasteiger partial charge in [-0.1, -0.05) is 18.2 Å². The van der Waals surface area contributed by atoms with Crippen molar-refractivity contribution in [2.45, 2.75) is 31.9 Å². The molecule has 0 saturated heterocycles. The molecule has 0 radical (unpaired) electrons. The van der Waals surface area contributed by atoms with Crippen LogP contribution in [0.3, 0.4) is 0 Å². The Morgan fingerprint density at radius 2 is 2.10 bits per heavy atom. The van der Waals surface area contributed by atoms with Crippen molar-refractivity contribution in [3.05, 3.63) is 35.4 Å². The van der Waals surface area contributed by atoms with Crippen molar-refractivity contribution < 1.29 is 14.3 Å². The normalized spacial score (nSPS) is 17.6. The van der Waals surface area contributed by atoms with Crippen LogP contribution in [0.25, 0.3) is 0 Å². The maximum atomic E-state index is 12.0. The summed E-state index contributed by atoms with van der Waals surface area (Å²) in [5.74, 6) is -0.215. The van der Waals surface area contributed by atoms with Crippen LogP contribution in [0.2, 0.25) is 0 Å². The summed E-state index contributed by atoms with van der Waals surface area (Å²) in [7, 11) is 1.61. The minimum atomic E-state index is -0.396. The van der Waals surface area contributed by atoms with Gasteiger partial charge >= 0.3 is 0 Å². The summed E-state index contributed by atoms with van der Waals surface area (Å²) < 4.78 is 5.25. The smallest absolute Gasteiger partial charge is 0.252 e. The van der Waals surface area contributed by atoms with Gasteiger partial charge in [0.15, 0.2) is 0 Å². The van der Waals surface area contributed by atoms with E-state index in [9.17, 15) is 9.59 Å². The fourth-order valence-corrected chi connectivity index (χ4v) is 2.12. The molecule has 2 amide bonds. The van der Waals surface area contributed by atoms with Crippen molar-refractivity contribution in [2.24, 2.45) is 0 Å².